The highest BCUT2D eigenvalue weighted by Crippen LogP contribution is 2.15. The van der Waals surface area contributed by atoms with E-state index in [1.807, 2.05) is 51.2 Å². The summed E-state index contributed by atoms with van der Waals surface area (Å²) in [5.74, 6) is 1.75. The summed E-state index contributed by atoms with van der Waals surface area (Å²) in [6.45, 7) is 4.56. The van der Waals surface area contributed by atoms with Crippen LogP contribution in [0.4, 0.5) is 5.82 Å². The van der Waals surface area contributed by atoms with E-state index in [0.717, 1.165) is 28.5 Å². The van der Waals surface area contributed by atoms with E-state index in [4.69, 9.17) is 11.1 Å². The van der Waals surface area contributed by atoms with Crippen molar-refractivity contribution < 1.29 is 0 Å². The zero-order valence-electron chi connectivity index (χ0n) is 12.0. The van der Waals surface area contributed by atoms with Crippen molar-refractivity contribution in [1.82, 2.24) is 9.97 Å². The molecule has 0 aliphatic rings. The summed E-state index contributed by atoms with van der Waals surface area (Å²) in [4.78, 5) is 10.8. The first-order valence-electron chi connectivity index (χ1n) is 6.42. The average Bonchev–Trinajstić information content (AvgIpc) is 2.37. The number of amidine groups is 1. The van der Waals surface area contributed by atoms with Crippen LogP contribution in [0.2, 0.25) is 0 Å². The Bertz CT molecular complexity index is 616. The lowest BCUT2D eigenvalue weighted by molar-refractivity contribution is 0.872. The third kappa shape index (κ3) is 3.32. The SMILES string of the molecule is Cc1cc(N(C)Cc2cccc(C(=N)N)c2)nc(C)n1. The van der Waals surface area contributed by atoms with E-state index in [1.165, 1.54) is 0 Å². The number of benzene rings is 1. The Labute approximate surface area is 119 Å². The van der Waals surface area contributed by atoms with Crippen molar-refractivity contribution in [3.8, 4) is 0 Å². The zero-order chi connectivity index (χ0) is 14.7. The molecule has 0 amide bonds. The Balaban J connectivity index is 2.20. The van der Waals surface area contributed by atoms with Crippen LogP contribution in [0.1, 0.15) is 22.6 Å². The molecule has 0 aliphatic heterocycles. The minimum absolute atomic E-state index is 0.0863. The van der Waals surface area contributed by atoms with Gasteiger partial charge in [-0.1, -0.05) is 18.2 Å². The Kier molecular flexibility index (Phi) is 3.98. The number of aryl methyl sites for hydroxylation is 2. The molecule has 5 heteroatoms. The Morgan fingerprint density at radius 3 is 2.65 bits per heavy atom. The molecule has 3 N–H and O–H groups in total. The molecule has 2 rings (SSSR count). The number of aromatic nitrogens is 2. The molecule has 0 atom stereocenters. The van der Waals surface area contributed by atoms with Gasteiger partial charge in [0, 0.05) is 30.9 Å². The summed E-state index contributed by atoms with van der Waals surface area (Å²) >= 11 is 0. The van der Waals surface area contributed by atoms with Gasteiger partial charge in [0.1, 0.15) is 17.5 Å². The third-order valence-electron chi connectivity index (χ3n) is 3.00. The highest BCUT2D eigenvalue weighted by molar-refractivity contribution is 5.95. The summed E-state index contributed by atoms with van der Waals surface area (Å²) in [7, 11) is 1.99. The van der Waals surface area contributed by atoms with Gasteiger partial charge in [-0.2, -0.15) is 0 Å². The van der Waals surface area contributed by atoms with Crippen LogP contribution in [-0.2, 0) is 6.54 Å². The molecule has 0 bridgehead atoms. The van der Waals surface area contributed by atoms with Crippen molar-refractivity contribution in [1.29, 1.82) is 5.41 Å². The highest BCUT2D eigenvalue weighted by atomic mass is 15.2. The number of nitrogen functional groups attached to an aromatic ring is 1. The molecule has 104 valence electrons. The van der Waals surface area contributed by atoms with E-state index in [1.54, 1.807) is 0 Å². The van der Waals surface area contributed by atoms with Gasteiger partial charge in [-0.15, -0.1) is 0 Å². The van der Waals surface area contributed by atoms with Gasteiger partial charge in [-0.3, -0.25) is 5.41 Å². The molecule has 0 aliphatic carbocycles. The van der Waals surface area contributed by atoms with Gasteiger partial charge in [0.2, 0.25) is 0 Å². The van der Waals surface area contributed by atoms with E-state index in [2.05, 4.69) is 14.9 Å². The third-order valence-corrected chi connectivity index (χ3v) is 3.00. The molecule has 0 saturated carbocycles. The smallest absolute Gasteiger partial charge is 0.132 e. The van der Waals surface area contributed by atoms with E-state index in [0.29, 0.717) is 6.54 Å². The maximum Gasteiger partial charge on any atom is 0.132 e. The van der Waals surface area contributed by atoms with Crippen LogP contribution in [0.25, 0.3) is 0 Å². The van der Waals surface area contributed by atoms with Crippen molar-refractivity contribution in [3.05, 3.63) is 53.0 Å². The quantitative estimate of drug-likeness (QED) is 0.657. The molecule has 1 aromatic carbocycles. The van der Waals surface area contributed by atoms with Crippen molar-refractivity contribution in [3.63, 3.8) is 0 Å². The average molecular weight is 269 g/mol. The molecule has 5 nitrogen and oxygen atoms in total. The van der Waals surface area contributed by atoms with Crippen LogP contribution in [0, 0.1) is 19.3 Å². The number of anilines is 1. The van der Waals surface area contributed by atoms with E-state index in [-0.39, 0.29) is 5.84 Å². The van der Waals surface area contributed by atoms with Crippen molar-refractivity contribution in [2.24, 2.45) is 5.73 Å². The van der Waals surface area contributed by atoms with Crippen molar-refractivity contribution in [2.45, 2.75) is 20.4 Å². The Morgan fingerprint density at radius 2 is 2.00 bits per heavy atom. The number of nitrogens with two attached hydrogens (primary N) is 1. The summed E-state index contributed by atoms with van der Waals surface area (Å²) in [5.41, 5.74) is 8.30. The molecule has 2 aromatic rings. The summed E-state index contributed by atoms with van der Waals surface area (Å²) in [6, 6.07) is 9.66. The van der Waals surface area contributed by atoms with Gasteiger partial charge >= 0.3 is 0 Å². The van der Waals surface area contributed by atoms with Crippen molar-refractivity contribution in [2.75, 3.05) is 11.9 Å². The van der Waals surface area contributed by atoms with Crippen molar-refractivity contribution >= 4 is 11.7 Å². The van der Waals surface area contributed by atoms with Crippen LogP contribution in [0.5, 0.6) is 0 Å². The Hall–Kier alpha value is -2.43. The fourth-order valence-electron chi connectivity index (χ4n) is 2.09. The van der Waals surface area contributed by atoms with Crippen LogP contribution >= 0.6 is 0 Å². The molecule has 0 radical (unpaired) electrons. The number of nitrogens with one attached hydrogen (secondary N) is 1. The molecule has 0 unspecified atom stereocenters. The topological polar surface area (TPSA) is 78.9 Å². The second-order valence-corrected chi connectivity index (χ2v) is 4.88. The minimum atomic E-state index is 0.0863. The first kappa shape index (κ1) is 14.0. The summed E-state index contributed by atoms with van der Waals surface area (Å²) < 4.78 is 0. The highest BCUT2D eigenvalue weighted by Gasteiger charge is 2.07. The predicted molar refractivity (Wildman–Crippen MR) is 81.1 cm³/mol. The second-order valence-electron chi connectivity index (χ2n) is 4.88. The number of nitrogens with zero attached hydrogens (tertiary/aromatic N) is 3. The normalized spacial score (nSPS) is 10.3. The Morgan fingerprint density at radius 1 is 1.25 bits per heavy atom. The second kappa shape index (κ2) is 5.69. The fourth-order valence-corrected chi connectivity index (χ4v) is 2.09. The minimum Gasteiger partial charge on any atom is -0.384 e. The molecule has 1 heterocycles. The summed E-state index contributed by atoms with van der Waals surface area (Å²) in [5, 5.41) is 7.48. The number of hydrogen-bond donors (Lipinski definition) is 2. The molecule has 0 saturated heterocycles. The van der Waals surface area contributed by atoms with Crippen LogP contribution in [0.3, 0.4) is 0 Å². The molecular weight excluding hydrogens is 250 g/mol. The van der Waals surface area contributed by atoms with Gasteiger partial charge in [0.05, 0.1) is 0 Å². The molecule has 0 fully saturated rings. The lowest BCUT2D eigenvalue weighted by atomic mass is 10.1. The van der Waals surface area contributed by atoms with E-state index < -0.39 is 0 Å². The number of hydrogen-bond acceptors (Lipinski definition) is 4. The first-order chi connectivity index (χ1) is 9.45. The van der Waals surface area contributed by atoms with Crippen LogP contribution in [-0.4, -0.2) is 22.9 Å². The maximum absolute atomic E-state index is 7.48. The van der Waals surface area contributed by atoms with Gasteiger partial charge in [-0.05, 0) is 25.5 Å². The van der Waals surface area contributed by atoms with E-state index in [9.17, 15) is 0 Å². The fraction of sp³-hybridized carbons (Fsp3) is 0.267. The monoisotopic (exact) mass is 269 g/mol. The standard InChI is InChI=1S/C15H19N5/c1-10-7-14(19-11(2)18-10)20(3)9-12-5-4-6-13(8-12)15(16)17/h4-8H,9H2,1-3H3,(H3,16,17). The van der Waals surface area contributed by atoms with Gasteiger partial charge in [0.15, 0.2) is 0 Å². The lowest BCUT2D eigenvalue weighted by Gasteiger charge is -2.19. The molecule has 1 aromatic heterocycles. The molecule has 0 spiro atoms. The van der Waals surface area contributed by atoms with E-state index >= 15 is 0 Å². The maximum atomic E-state index is 7.48. The van der Waals surface area contributed by atoms with Gasteiger partial charge < -0.3 is 10.6 Å². The molecular formula is C15H19N5. The number of rotatable bonds is 4. The van der Waals surface area contributed by atoms with Gasteiger partial charge in [-0.25, -0.2) is 9.97 Å². The summed E-state index contributed by atoms with van der Waals surface area (Å²) in [6.07, 6.45) is 0. The lowest BCUT2D eigenvalue weighted by Crippen LogP contribution is -2.19. The predicted octanol–water partition coefficient (Wildman–Crippen LogP) is 2.01. The molecule has 20 heavy (non-hydrogen) atoms. The first-order valence-corrected chi connectivity index (χ1v) is 6.42. The van der Waals surface area contributed by atoms with Gasteiger partial charge in [0.25, 0.3) is 0 Å². The largest absolute Gasteiger partial charge is 0.384 e. The van der Waals surface area contributed by atoms with Crippen LogP contribution < -0.4 is 10.6 Å². The van der Waals surface area contributed by atoms with Crippen LogP contribution in [0.15, 0.2) is 30.3 Å². The zero-order valence-corrected chi connectivity index (χ0v) is 12.0.